The maximum atomic E-state index is 12.7. The summed E-state index contributed by atoms with van der Waals surface area (Å²) in [6.07, 6.45) is 4.77. The summed E-state index contributed by atoms with van der Waals surface area (Å²) in [6, 6.07) is 10.0. The average Bonchev–Trinajstić information content (AvgIpc) is 3.39. The molecule has 1 atom stereocenters. The topological polar surface area (TPSA) is 85.2 Å². The Labute approximate surface area is 181 Å². The molecule has 162 valence electrons. The lowest BCUT2D eigenvalue weighted by Crippen LogP contribution is -2.39. The van der Waals surface area contributed by atoms with E-state index in [4.69, 9.17) is 9.72 Å². The summed E-state index contributed by atoms with van der Waals surface area (Å²) in [5, 5.41) is 3.19. The highest BCUT2D eigenvalue weighted by molar-refractivity contribution is 5.81. The molecule has 31 heavy (non-hydrogen) atoms. The minimum absolute atomic E-state index is 0.00924. The molecule has 0 saturated carbocycles. The maximum absolute atomic E-state index is 12.7. The Morgan fingerprint density at radius 1 is 1.16 bits per heavy atom. The number of hydrogen-bond acceptors (Lipinski definition) is 6. The third kappa shape index (κ3) is 4.25. The zero-order chi connectivity index (χ0) is 21.2. The van der Waals surface area contributed by atoms with Gasteiger partial charge in [0.1, 0.15) is 12.4 Å². The quantitative estimate of drug-likeness (QED) is 0.682. The zero-order valence-electron chi connectivity index (χ0n) is 17.8. The molecule has 2 aliphatic rings. The van der Waals surface area contributed by atoms with Gasteiger partial charge in [0.25, 0.3) is 0 Å². The molecule has 2 aromatic heterocycles. The van der Waals surface area contributed by atoms with E-state index in [1.165, 1.54) is 0 Å². The van der Waals surface area contributed by atoms with E-state index in [0.29, 0.717) is 5.92 Å². The molecule has 1 unspecified atom stereocenters. The molecule has 2 fully saturated rings. The molecule has 8 nitrogen and oxygen atoms in total. The smallest absolute Gasteiger partial charge is 0.240 e. The number of anilines is 1. The predicted octanol–water partition coefficient (Wildman–Crippen LogP) is 2.42. The van der Waals surface area contributed by atoms with Gasteiger partial charge in [0.05, 0.1) is 11.0 Å². The standard InChI is InChI=1S/C23H28N6O2/c1-16-25-20-4-2-3-5-21(20)29(16)15-22(30)26-18-7-11-28(14-18)23-24-10-6-19(27-23)17-8-12-31-13-9-17/h2-6,10,17-18H,7-9,11-15H2,1H3,(H,26,30). The molecule has 0 bridgehead atoms. The predicted molar refractivity (Wildman–Crippen MR) is 118 cm³/mol. The number of nitrogens with zero attached hydrogens (tertiary/aromatic N) is 5. The van der Waals surface area contributed by atoms with Gasteiger partial charge in [0, 0.05) is 50.2 Å². The number of aryl methyl sites for hydroxylation is 1. The first-order valence-corrected chi connectivity index (χ1v) is 11.0. The SMILES string of the molecule is Cc1nc2ccccc2n1CC(=O)NC1CCN(c2nccc(C3CCOCC3)n2)C1. The number of carbonyl (C=O) groups is 1. The van der Waals surface area contributed by atoms with Crippen molar-refractivity contribution < 1.29 is 9.53 Å². The van der Waals surface area contributed by atoms with Crippen molar-refractivity contribution in [3.05, 3.63) is 48.0 Å². The molecule has 1 amide bonds. The number of carbonyl (C=O) groups excluding carboxylic acids is 1. The molecule has 1 aromatic carbocycles. The van der Waals surface area contributed by atoms with Crippen LogP contribution >= 0.6 is 0 Å². The first-order chi connectivity index (χ1) is 15.2. The fraction of sp³-hybridized carbons (Fsp3) is 0.478. The van der Waals surface area contributed by atoms with E-state index < -0.39 is 0 Å². The van der Waals surface area contributed by atoms with Crippen molar-refractivity contribution in [2.24, 2.45) is 0 Å². The Morgan fingerprint density at radius 2 is 2.00 bits per heavy atom. The second-order valence-corrected chi connectivity index (χ2v) is 8.40. The molecule has 2 saturated heterocycles. The summed E-state index contributed by atoms with van der Waals surface area (Å²) in [6.45, 7) is 5.38. The van der Waals surface area contributed by atoms with Crippen molar-refractivity contribution in [2.75, 3.05) is 31.2 Å². The van der Waals surface area contributed by atoms with Crippen molar-refractivity contribution in [1.82, 2.24) is 24.8 Å². The highest BCUT2D eigenvalue weighted by Crippen LogP contribution is 2.27. The number of nitrogens with one attached hydrogen (secondary N) is 1. The van der Waals surface area contributed by atoms with Gasteiger partial charge in [-0.15, -0.1) is 0 Å². The third-order valence-corrected chi connectivity index (χ3v) is 6.29. The van der Waals surface area contributed by atoms with Crippen LogP contribution in [0.1, 0.15) is 36.7 Å². The van der Waals surface area contributed by atoms with Crippen molar-refractivity contribution in [3.63, 3.8) is 0 Å². The fourth-order valence-corrected chi connectivity index (χ4v) is 4.61. The second kappa shape index (κ2) is 8.63. The van der Waals surface area contributed by atoms with Crippen LogP contribution in [-0.4, -0.2) is 57.8 Å². The summed E-state index contributed by atoms with van der Waals surface area (Å²) >= 11 is 0. The van der Waals surface area contributed by atoms with Crippen LogP contribution in [0.5, 0.6) is 0 Å². The number of ether oxygens (including phenoxy) is 1. The van der Waals surface area contributed by atoms with Crippen LogP contribution in [0.2, 0.25) is 0 Å². The van der Waals surface area contributed by atoms with Crippen LogP contribution in [0, 0.1) is 6.92 Å². The third-order valence-electron chi connectivity index (χ3n) is 6.29. The normalized spacial score (nSPS) is 19.8. The number of rotatable bonds is 5. The van der Waals surface area contributed by atoms with Gasteiger partial charge in [-0.25, -0.2) is 15.0 Å². The lowest BCUT2D eigenvalue weighted by molar-refractivity contribution is -0.122. The Bertz CT molecular complexity index is 1070. The van der Waals surface area contributed by atoms with Gasteiger partial charge in [-0.2, -0.15) is 0 Å². The molecular formula is C23H28N6O2. The van der Waals surface area contributed by atoms with Gasteiger partial charge in [-0.1, -0.05) is 12.1 Å². The number of amides is 1. The Kier molecular flexibility index (Phi) is 5.55. The van der Waals surface area contributed by atoms with Gasteiger partial charge in [0.2, 0.25) is 11.9 Å². The first-order valence-electron chi connectivity index (χ1n) is 11.0. The van der Waals surface area contributed by atoms with Crippen molar-refractivity contribution in [1.29, 1.82) is 0 Å². The summed E-state index contributed by atoms with van der Waals surface area (Å²) in [4.78, 5) is 28.8. The van der Waals surface area contributed by atoms with Gasteiger partial charge >= 0.3 is 0 Å². The van der Waals surface area contributed by atoms with E-state index in [9.17, 15) is 4.79 Å². The summed E-state index contributed by atoms with van der Waals surface area (Å²) in [7, 11) is 0. The van der Waals surface area contributed by atoms with Crippen LogP contribution in [0.3, 0.4) is 0 Å². The molecule has 1 N–H and O–H groups in total. The highest BCUT2D eigenvalue weighted by Gasteiger charge is 2.27. The lowest BCUT2D eigenvalue weighted by atomic mass is 9.96. The van der Waals surface area contributed by atoms with E-state index in [2.05, 4.69) is 20.2 Å². The number of benzene rings is 1. The van der Waals surface area contributed by atoms with Gasteiger partial charge in [-0.3, -0.25) is 4.79 Å². The fourth-order valence-electron chi connectivity index (χ4n) is 4.61. The van der Waals surface area contributed by atoms with E-state index in [0.717, 1.165) is 74.1 Å². The molecule has 8 heteroatoms. The summed E-state index contributed by atoms with van der Waals surface area (Å²) in [5.41, 5.74) is 3.01. The largest absolute Gasteiger partial charge is 0.381 e. The second-order valence-electron chi connectivity index (χ2n) is 8.40. The molecule has 3 aromatic rings. The molecule has 0 aliphatic carbocycles. The minimum atomic E-state index is 0.00924. The van der Waals surface area contributed by atoms with Gasteiger partial charge < -0.3 is 19.5 Å². The van der Waals surface area contributed by atoms with Crippen LogP contribution in [0.15, 0.2) is 36.5 Å². The Hall–Kier alpha value is -3.00. The molecule has 0 radical (unpaired) electrons. The van der Waals surface area contributed by atoms with Crippen molar-refractivity contribution in [3.8, 4) is 0 Å². The summed E-state index contributed by atoms with van der Waals surface area (Å²) < 4.78 is 7.44. The van der Waals surface area contributed by atoms with Gasteiger partial charge in [0.15, 0.2) is 0 Å². The monoisotopic (exact) mass is 420 g/mol. The van der Waals surface area contributed by atoms with E-state index >= 15 is 0 Å². The van der Waals surface area contributed by atoms with E-state index in [-0.39, 0.29) is 18.5 Å². The van der Waals surface area contributed by atoms with Crippen LogP contribution in [-0.2, 0) is 16.1 Å². The van der Waals surface area contributed by atoms with E-state index in [1.807, 2.05) is 48.0 Å². The van der Waals surface area contributed by atoms with Crippen LogP contribution in [0.25, 0.3) is 11.0 Å². The zero-order valence-corrected chi connectivity index (χ0v) is 17.8. The van der Waals surface area contributed by atoms with Gasteiger partial charge in [-0.05, 0) is 44.4 Å². The molecule has 5 rings (SSSR count). The minimum Gasteiger partial charge on any atom is -0.381 e. The first kappa shape index (κ1) is 19.9. The number of fused-ring (bicyclic) bond motifs is 1. The molecule has 0 spiro atoms. The van der Waals surface area contributed by atoms with Crippen LogP contribution < -0.4 is 10.2 Å². The lowest BCUT2D eigenvalue weighted by Gasteiger charge is -2.23. The van der Waals surface area contributed by atoms with Crippen molar-refractivity contribution in [2.45, 2.75) is 44.7 Å². The summed E-state index contributed by atoms with van der Waals surface area (Å²) in [5.74, 6) is 2.07. The number of hydrogen-bond donors (Lipinski definition) is 1. The molecule has 2 aliphatic heterocycles. The Balaban J connectivity index is 1.21. The number of imidazole rings is 1. The number of aromatic nitrogens is 4. The van der Waals surface area contributed by atoms with Crippen LogP contribution in [0.4, 0.5) is 5.95 Å². The van der Waals surface area contributed by atoms with E-state index in [1.54, 1.807) is 0 Å². The van der Waals surface area contributed by atoms with Crippen molar-refractivity contribution >= 4 is 22.9 Å². The maximum Gasteiger partial charge on any atom is 0.240 e. The molecular weight excluding hydrogens is 392 g/mol. The Morgan fingerprint density at radius 3 is 2.87 bits per heavy atom. The highest BCUT2D eigenvalue weighted by atomic mass is 16.5. The number of para-hydroxylation sites is 2. The molecule has 4 heterocycles. The average molecular weight is 421 g/mol.